The Kier molecular flexibility index (Phi) is 4.67. The second-order valence-corrected chi connectivity index (χ2v) is 6.32. The molecular weight excluding hydrogens is 292 g/mol. The SMILES string of the molecule is C=CCN(C)S(=O)(=O)c1cc([N+](=O)[O-])c(Cl)cc1C. The van der Waals surface area contributed by atoms with Crippen LogP contribution in [0.4, 0.5) is 5.69 Å². The zero-order valence-corrected chi connectivity index (χ0v) is 12.0. The Morgan fingerprint density at radius 1 is 1.53 bits per heavy atom. The monoisotopic (exact) mass is 304 g/mol. The number of hydrogen-bond donors (Lipinski definition) is 0. The highest BCUT2D eigenvalue weighted by Crippen LogP contribution is 2.31. The second kappa shape index (κ2) is 5.68. The number of benzene rings is 1. The van der Waals surface area contributed by atoms with E-state index in [1.807, 2.05) is 0 Å². The van der Waals surface area contributed by atoms with E-state index in [0.29, 0.717) is 5.56 Å². The Hall–Kier alpha value is -1.44. The van der Waals surface area contributed by atoms with E-state index in [1.54, 1.807) is 0 Å². The normalized spacial score (nSPS) is 11.6. The molecule has 0 saturated heterocycles. The first-order chi connectivity index (χ1) is 8.71. The van der Waals surface area contributed by atoms with Gasteiger partial charge in [0.25, 0.3) is 5.69 Å². The highest BCUT2D eigenvalue weighted by Gasteiger charge is 2.26. The number of halogens is 1. The molecule has 6 nitrogen and oxygen atoms in total. The van der Waals surface area contributed by atoms with Gasteiger partial charge in [0.1, 0.15) is 5.02 Å². The summed E-state index contributed by atoms with van der Waals surface area (Å²) in [5.41, 5.74) is -0.0793. The summed E-state index contributed by atoms with van der Waals surface area (Å²) in [4.78, 5) is 9.96. The summed E-state index contributed by atoms with van der Waals surface area (Å²) in [6.45, 7) is 5.10. The molecule has 0 unspecified atom stereocenters. The molecule has 19 heavy (non-hydrogen) atoms. The van der Waals surface area contributed by atoms with Crippen LogP contribution in [0.3, 0.4) is 0 Å². The van der Waals surface area contributed by atoms with Gasteiger partial charge in [0.2, 0.25) is 10.0 Å². The van der Waals surface area contributed by atoms with Crippen molar-refractivity contribution in [2.24, 2.45) is 0 Å². The number of rotatable bonds is 5. The second-order valence-electron chi connectivity index (χ2n) is 3.90. The topological polar surface area (TPSA) is 80.5 Å². The lowest BCUT2D eigenvalue weighted by Crippen LogP contribution is -2.27. The molecule has 0 atom stereocenters. The van der Waals surface area contributed by atoms with Gasteiger partial charge in [-0.15, -0.1) is 6.58 Å². The molecule has 0 fully saturated rings. The molecule has 0 aliphatic rings. The van der Waals surface area contributed by atoms with Crippen LogP contribution in [0.2, 0.25) is 5.02 Å². The van der Waals surface area contributed by atoms with Crippen LogP contribution in [-0.4, -0.2) is 31.2 Å². The molecule has 0 saturated carbocycles. The van der Waals surface area contributed by atoms with Crippen LogP contribution in [0.1, 0.15) is 5.56 Å². The first kappa shape index (κ1) is 15.6. The first-order valence-corrected chi connectivity index (χ1v) is 7.05. The van der Waals surface area contributed by atoms with Crippen molar-refractivity contribution in [3.05, 3.63) is 45.5 Å². The third-order valence-electron chi connectivity index (χ3n) is 2.52. The van der Waals surface area contributed by atoms with Crippen LogP contribution in [0.5, 0.6) is 0 Å². The molecule has 0 aliphatic carbocycles. The lowest BCUT2D eigenvalue weighted by atomic mass is 10.2. The first-order valence-electron chi connectivity index (χ1n) is 5.23. The van der Waals surface area contributed by atoms with Gasteiger partial charge in [-0.25, -0.2) is 8.42 Å². The Morgan fingerprint density at radius 3 is 2.58 bits per heavy atom. The Morgan fingerprint density at radius 2 is 2.11 bits per heavy atom. The molecule has 8 heteroatoms. The fourth-order valence-electron chi connectivity index (χ4n) is 1.51. The summed E-state index contributed by atoms with van der Waals surface area (Å²) in [7, 11) is -2.43. The molecule has 0 bridgehead atoms. The Bertz CT molecular complexity index is 628. The van der Waals surface area contributed by atoms with Crippen LogP contribution in [0.25, 0.3) is 0 Å². The summed E-state index contributed by atoms with van der Waals surface area (Å²) in [6.07, 6.45) is 1.43. The van der Waals surface area contributed by atoms with Crippen molar-refractivity contribution >= 4 is 27.3 Å². The average Bonchev–Trinajstić information content (AvgIpc) is 2.28. The predicted molar refractivity (Wildman–Crippen MR) is 72.9 cm³/mol. The molecule has 0 heterocycles. The van der Waals surface area contributed by atoms with E-state index in [2.05, 4.69) is 6.58 Å². The zero-order chi connectivity index (χ0) is 14.8. The van der Waals surface area contributed by atoms with Crippen molar-refractivity contribution in [3.8, 4) is 0 Å². The summed E-state index contributed by atoms with van der Waals surface area (Å²) in [6, 6.07) is 2.25. The van der Waals surface area contributed by atoms with Gasteiger partial charge in [-0.05, 0) is 18.6 Å². The van der Waals surface area contributed by atoms with Crippen molar-refractivity contribution < 1.29 is 13.3 Å². The number of sulfonamides is 1. The van der Waals surface area contributed by atoms with Gasteiger partial charge >= 0.3 is 0 Å². The highest BCUT2D eigenvalue weighted by molar-refractivity contribution is 7.89. The molecule has 0 spiro atoms. The average molecular weight is 305 g/mol. The maximum absolute atomic E-state index is 12.2. The lowest BCUT2D eigenvalue weighted by Gasteiger charge is -2.16. The van der Waals surface area contributed by atoms with Crippen molar-refractivity contribution in [2.45, 2.75) is 11.8 Å². The van der Waals surface area contributed by atoms with E-state index in [9.17, 15) is 18.5 Å². The molecule has 0 N–H and O–H groups in total. The summed E-state index contributed by atoms with van der Waals surface area (Å²) in [5, 5.41) is 10.7. The van der Waals surface area contributed by atoms with E-state index >= 15 is 0 Å². The van der Waals surface area contributed by atoms with E-state index < -0.39 is 20.6 Å². The number of hydrogen-bond acceptors (Lipinski definition) is 4. The predicted octanol–water partition coefficient (Wildman–Crippen LogP) is 2.36. The molecule has 104 valence electrons. The Labute approximate surface area is 116 Å². The molecular formula is C11H13ClN2O4S. The highest BCUT2D eigenvalue weighted by atomic mass is 35.5. The minimum atomic E-state index is -3.81. The van der Waals surface area contributed by atoms with Crippen molar-refractivity contribution in [2.75, 3.05) is 13.6 Å². The van der Waals surface area contributed by atoms with Gasteiger partial charge in [-0.3, -0.25) is 10.1 Å². The van der Waals surface area contributed by atoms with Gasteiger partial charge in [0.05, 0.1) is 9.82 Å². The van der Waals surface area contributed by atoms with Crippen LogP contribution >= 0.6 is 11.6 Å². The standard InChI is InChI=1S/C11H13ClN2O4S/c1-4-5-13(3)19(17,18)11-7-10(14(15)16)9(12)6-8(11)2/h4,6-7H,1,5H2,2-3H3. The summed E-state index contributed by atoms with van der Waals surface area (Å²) < 4.78 is 25.5. The minimum absolute atomic E-state index is 0.0900. The molecule has 1 aromatic rings. The van der Waals surface area contributed by atoms with Gasteiger partial charge in [0.15, 0.2) is 0 Å². The largest absolute Gasteiger partial charge is 0.289 e. The number of aryl methyl sites for hydroxylation is 1. The molecule has 0 amide bonds. The van der Waals surface area contributed by atoms with Gasteiger partial charge in [-0.2, -0.15) is 4.31 Å². The number of nitro groups is 1. The van der Waals surface area contributed by atoms with Crippen molar-refractivity contribution in [1.29, 1.82) is 0 Å². The third kappa shape index (κ3) is 3.12. The third-order valence-corrected chi connectivity index (χ3v) is 4.78. The van der Waals surface area contributed by atoms with Gasteiger partial charge in [0, 0.05) is 19.7 Å². The molecule has 0 radical (unpaired) electrons. The zero-order valence-electron chi connectivity index (χ0n) is 10.5. The molecule has 0 aromatic heterocycles. The maximum atomic E-state index is 12.2. The van der Waals surface area contributed by atoms with Gasteiger partial charge < -0.3 is 0 Å². The molecule has 1 rings (SSSR count). The fraction of sp³-hybridized carbons (Fsp3) is 0.273. The summed E-state index contributed by atoms with van der Waals surface area (Å²) >= 11 is 5.72. The summed E-state index contributed by atoms with van der Waals surface area (Å²) in [5.74, 6) is 0. The number of likely N-dealkylation sites (N-methyl/N-ethyl adjacent to an activating group) is 1. The quantitative estimate of drug-likeness (QED) is 0.475. The van der Waals surface area contributed by atoms with Crippen LogP contribution in [0, 0.1) is 17.0 Å². The van der Waals surface area contributed by atoms with Crippen molar-refractivity contribution in [3.63, 3.8) is 0 Å². The molecule has 1 aromatic carbocycles. The lowest BCUT2D eigenvalue weighted by molar-refractivity contribution is -0.384. The van der Waals surface area contributed by atoms with E-state index in [4.69, 9.17) is 11.6 Å². The van der Waals surface area contributed by atoms with E-state index in [0.717, 1.165) is 10.4 Å². The maximum Gasteiger partial charge on any atom is 0.289 e. The number of nitro benzene ring substituents is 1. The van der Waals surface area contributed by atoms with E-state index in [1.165, 1.54) is 26.1 Å². The van der Waals surface area contributed by atoms with Gasteiger partial charge in [-0.1, -0.05) is 17.7 Å². The fourth-order valence-corrected chi connectivity index (χ4v) is 3.16. The van der Waals surface area contributed by atoms with Crippen LogP contribution in [0.15, 0.2) is 29.7 Å². The van der Waals surface area contributed by atoms with Crippen LogP contribution in [-0.2, 0) is 10.0 Å². The molecule has 0 aliphatic heterocycles. The smallest absolute Gasteiger partial charge is 0.258 e. The minimum Gasteiger partial charge on any atom is -0.258 e. The van der Waals surface area contributed by atoms with E-state index in [-0.39, 0.29) is 16.5 Å². The van der Waals surface area contributed by atoms with Crippen LogP contribution < -0.4 is 0 Å². The van der Waals surface area contributed by atoms with Crippen molar-refractivity contribution in [1.82, 2.24) is 4.31 Å². The Balaban J connectivity index is 3.46. The number of nitrogens with zero attached hydrogens (tertiary/aromatic N) is 2.